The quantitative estimate of drug-likeness (QED) is 0.594. The fraction of sp³-hybridized carbons (Fsp3) is 0.429. The molecule has 21 heavy (non-hydrogen) atoms. The standard InChI is InChI=1S/C21H24/c1-2-8-16-21(15-7-1,18-10-4-5-11-18)20-14-13-17-9-3-6-12-19(17)20/h3-4,6,9-12,14H,1-2,5,7-8,13,15-16H2. The van der Waals surface area contributed by atoms with E-state index in [1.165, 1.54) is 49.7 Å². The molecule has 0 atom stereocenters. The molecule has 0 radical (unpaired) electrons. The molecule has 0 N–H and O–H groups in total. The molecule has 0 bridgehead atoms. The Kier molecular flexibility index (Phi) is 3.33. The second-order valence-corrected chi connectivity index (χ2v) is 6.77. The number of hydrogen-bond acceptors (Lipinski definition) is 0. The van der Waals surface area contributed by atoms with E-state index in [4.69, 9.17) is 0 Å². The minimum absolute atomic E-state index is 0.302. The van der Waals surface area contributed by atoms with Crippen LogP contribution in [0.2, 0.25) is 0 Å². The second kappa shape index (κ2) is 5.33. The predicted octanol–water partition coefficient (Wildman–Crippen LogP) is 5.85. The third-order valence-electron chi connectivity index (χ3n) is 5.63. The fourth-order valence-corrected chi connectivity index (χ4v) is 4.59. The maximum atomic E-state index is 2.53. The van der Waals surface area contributed by atoms with Gasteiger partial charge in [0.1, 0.15) is 0 Å². The first-order valence-corrected chi connectivity index (χ1v) is 8.56. The summed E-state index contributed by atoms with van der Waals surface area (Å²) >= 11 is 0. The summed E-state index contributed by atoms with van der Waals surface area (Å²) in [5.41, 5.74) is 6.60. The molecule has 108 valence electrons. The first kappa shape index (κ1) is 13.1. The zero-order valence-electron chi connectivity index (χ0n) is 12.8. The van der Waals surface area contributed by atoms with Crippen molar-refractivity contribution in [1.82, 2.24) is 0 Å². The first-order valence-electron chi connectivity index (χ1n) is 8.56. The van der Waals surface area contributed by atoms with E-state index in [-0.39, 0.29) is 0 Å². The average molecular weight is 276 g/mol. The van der Waals surface area contributed by atoms with Gasteiger partial charge in [0, 0.05) is 5.41 Å². The van der Waals surface area contributed by atoms with Crippen molar-refractivity contribution in [2.75, 3.05) is 0 Å². The lowest BCUT2D eigenvalue weighted by atomic mass is 9.67. The van der Waals surface area contributed by atoms with E-state index in [1.54, 1.807) is 11.1 Å². The fourth-order valence-electron chi connectivity index (χ4n) is 4.59. The minimum Gasteiger partial charge on any atom is -0.0804 e. The van der Waals surface area contributed by atoms with Gasteiger partial charge in [-0.15, -0.1) is 0 Å². The molecule has 0 spiro atoms. The monoisotopic (exact) mass is 276 g/mol. The highest BCUT2D eigenvalue weighted by molar-refractivity contribution is 5.80. The van der Waals surface area contributed by atoms with E-state index in [0.29, 0.717) is 5.41 Å². The average Bonchev–Trinajstić information content (AvgIpc) is 3.14. The van der Waals surface area contributed by atoms with Crippen molar-refractivity contribution in [3.8, 4) is 0 Å². The van der Waals surface area contributed by atoms with Crippen LogP contribution in [0.1, 0.15) is 56.1 Å². The zero-order chi connectivity index (χ0) is 14.1. The Balaban J connectivity index is 1.82. The molecule has 0 aromatic heterocycles. The Bertz CT molecular complexity index is 619. The van der Waals surface area contributed by atoms with Crippen LogP contribution in [-0.2, 0) is 6.42 Å². The normalized spacial score (nSPS) is 23.4. The molecule has 1 aromatic carbocycles. The van der Waals surface area contributed by atoms with Gasteiger partial charge in [-0.2, -0.15) is 0 Å². The smallest absolute Gasteiger partial charge is 0.0202 e. The molecule has 4 rings (SSSR count). The Hall–Kier alpha value is -1.56. The topological polar surface area (TPSA) is 0 Å². The largest absolute Gasteiger partial charge is 0.0804 e. The molecule has 1 fully saturated rings. The van der Waals surface area contributed by atoms with Crippen molar-refractivity contribution in [2.24, 2.45) is 5.41 Å². The van der Waals surface area contributed by atoms with Crippen molar-refractivity contribution in [1.29, 1.82) is 0 Å². The summed E-state index contributed by atoms with van der Waals surface area (Å²) in [5, 5.41) is 0. The molecule has 1 aromatic rings. The van der Waals surface area contributed by atoms with Gasteiger partial charge in [0.2, 0.25) is 0 Å². The van der Waals surface area contributed by atoms with Gasteiger partial charge in [-0.3, -0.25) is 0 Å². The van der Waals surface area contributed by atoms with Crippen LogP contribution in [-0.4, -0.2) is 0 Å². The van der Waals surface area contributed by atoms with Gasteiger partial charge in [-0.05, 0) is 48.0 Å². The van der Waals surface area contributed by atoms with E-state index in [0.717, 1.165) is 12.8 Å². The van der Waals surface area contributed by atoms with Gasteiger partial charge >= 0.3 is 0 Å². The Morgan fingerprint density at radius 1 is 0.857 bits per heavy atom. The van der Waals surface area contributed by atoms with E-state index in [9.17, 15) is 0 Å². The maximum absolute atomic E-state index is 2.53. The molecule has 0 aliphatic heterocycles. The summed E-state index contributed by atoms with van der Waals surface area (Å²) in [7, 11) is 0. The lowest BCUT2D eigenvalue weighted by Crippen LogP contribution is -2.23. The van der Waals surface area contributed by atoms with Gasteiger partial charge in [0.25, 0.3) is 0 Å². The van der Waals surface area contributed by atoms with Crippen LogP contribution < -0.4 is 0 Å². The van der Waals surface area contributed by atoms with E-state index >= 15 is 0 Å². The number of rotatable bonds is 2. The summed E-state index contributed by atoms with van der Waals surface area (Å²) in [4.78, 5) is 0. The molecule has 0 heteroatoms. The molecular formula is C21H24. The lowest BCUT2D eigenvalue weighted by molar-refractivity contribution is 0.423. The van der Waals surface area contributed by atoms with E-state index in [2.05, 4.69) is 48.6 Å². The predicted molar refractivity (Wildman–Crippen MR) is 90.1 cm³/mol. The van der Waals surface area contributed by atoms with Crippen LogP contribution in [0.5, 0.6) is 0 Å². The van der Waals surface area contributed by atoms with Crippen LogP contribution in [0.25, 0.3) is 5.57 Å². The summed E-state index contributed by atoms with van der Waals surface area (Å²) in [6.45, 7) is 0. The Morgan fingerprint density at radius 2 is 1.67 bits per heavy atom. The summed E-state index contributed by atoms with van der Waals surface area (Å²) < 4.78 is 0. The van der Waals surface area contributed by atoms with Crippen molar-refractivity contribution < 1.29 is 0 Å². The highest BCUT2D eigenvalue weighted by Crippen LogP contribution is 2.54. The third-order valence-corrected chi connectivity index (χ3v) is 5.63. The van der Waals surface area contributed by atoms with E-state index in [1.807, 2.05) is 0 Å². The maximum Gasteiger partial charge on any atom is 0.0202 e. The summed E-state index contributed by atoms with van der Waals surface area (Å²) in [5.74, 6) is 0. The molecule has 0 amide bonds. The van der Waals surface area contributed by atoms with Gasteiger partial charge in [0.05, 0.1) is 0 Å². The van der Waals surface area contributed by atoms with Gasteiger partial charge in [0.15, 0.2) is 0 Å². The van der Waals surface area contributed by atoms with Crippen molar-refractivity contribution in [3.63, 3.8) is 0 Å². The SMILES string of the molecule is C1=CC(C2(C3=CCc4ccccc43)CCCCCC2)=CC1. The molecule has 1 saturated carbocycles. The minimum atomic E-state index is 0.302. The molecule has 3 aliphatic carbocycles. The van der Waals surface area contributed by atoms with Crippen LogP contribution in [0.15, 0.2) is 54.1 Å². The van der Waals surface area contributed by atoms with Gasteiger partial charge in [-0.25, -0.2) is 0 Å². The number of allylic oxidation sites excluding steroid dienone is 6. The highest BCUT2D eigenvalue weighted by Gasteiger charge is 2.40. The van der Waals surface area contributed by atoms with Crippen LogP contribution in [0.3, 0.4) is 0 Å². The number of fused-ring (bicyclic) bond motifs is 1. The highest BCUT2D eigenvalue weighted by atomic mass is 14.4. The second-order valence-electron chi connectivity index (χ2n) is 6.77. The molecule has 0 unspecified atom stereocenters. The first-order chi connectivity index (χ1) is 10.4. The van der Waals surface area contributed by atoms with Crippen molar-refractivity contribution >= 4 is 5.57 Å². The Morgan fingerprint density at radius 3 is 2.43 bits per heavy atom. The third kappa shape index (κ3) is 2.12. The number of hydrogen-bond donors (Lipinski definition) is 0. The zero-order valence-corrected chi connectivity index (χ0v) is 12.8. The van der Waals surface area contributed by atoms with E-state index < -0.39 is 0 Å². The Labute approximate surface area is 128 Å². The molecule has 0 nitrogen and oxygen atoms in total. The summed E-state index contributed by atoms with van der Waals surface area (Å²) in [6, 6.07) is 9.05. The van der Waals surface area contributed by atoms with Gasteiger partial charge in [-0.1, -0.05) is 74.3 Å². The lowest BCUT2D eigenvalue weighted by Gasteiger charge is -2.36. The van der Waals surface area contributed by atoms with Crippen LogP contribution in [0.4, 0.5) is 0 Å². The van der Waals surface area contributed by atoms with Crippen LogP contribution >= 0.6 is 0 Å². The number of benzene rings is 1. The molecular weight excluding hydrogens is 252 g/mol. The van der Waals surface area contributed by atoms with Gasteiger partial charge < -0.3 is 0 Å². The van der Waals surface area contributed by atoms with Crippen molar-refractivity contribution in [2.45, 2.75) is 51.4 Å². The molecule has 0 saturated heterocycles. The summed E-state index contributed by atoms with van der Waals surface area (Å²) in [6.07, 6.45) is 20.3. The molecule has 0 heterocycles. The van der Waals surface area contributed by atoms with Crippen molar-refractivity contribution in [3.05, 3.63) is 65.3 Å². The van der Waals surface area contributed by atoms with Crippen LogP contribution in [0, 0.1) is 5.41 Å². The molecule has 3 aliphatic rings.